The molecular formula is C23H30F5N2O3P. The lowest BCUT2D eigenvalue weighted by molar-refractivity contribution is -0.289. The van der Waals surface area contributed by atoms with Crippen LogP contribution in [0.2, 0.25) is 0 Å². The van der Waals surface area contributed by atoms with Crippen LogP contribution in [0, 0.1) is 0 Å². The highest BCUT2D eigenvalue weighted by atomic mass is 31.1. The second-order valence-electron chi connectivity index (χ2n) is 7.82. The molecule has 190 valence electrons. The van der Waals surface area contributed by atoms with Crippen LogP contribution in [0.4, 0.5) is 27.6 Å². The molecule has 0 fully saturated rings. The average molecular weight is 508 g/mol. The molecule has 1 unspecified atom stereocenters. The normalized spacial score (nSPS) is 13.1. The molecular weight excluding hydrogens is 478 g/mol. The maximum Gasteiger partial charge on any atom is 0.458 e. The Hall–Kier alpha value is -2.00. The van der Waals surface area contributed by atoms with Gasteiger partial charge in [-0.05, 0) is 55.5 Å². The van der Waals surface area contributed by atoms with Crippen molar-refractivity contribution in [1.82, 2.24) is 5.32 Å². The van der Waals surface area contributed by atoms with Gasteiger partial charge in [0, 0.05) is 18.8 Å². The van der Waals surface area contributed by atoms with Gasteiger partial charge in [0.05, 0.1) is 12.2 Å². The maximum absolute atomic E-state index is 14.2. The fourth-order valence-electron chi connectivity index (χ4n) is 3.36. The highest BCUT2D eigenvalue weighted by Crippen LogP contribution is 2.46. The number of halogens is 5. The first-order valence-electron chi connectivity index (χ1n) is 11.0. The van der Waals surface area contributed by atoms with E-state index in [4.69, 9.17) is 4.89 Å². The fraction of sp³-hybridized carbons (Fsp3) is 0.478. The molecule has 5 nitrogen and oxygen atoms in total. The molecule has 0 aromatic heterocycles. The van der Waals surface area contributed by atoms with Crippen LogP contribution in [0.5, 0.6) is 0 Å². The number of hydrogen-bond donors (Lipinski definition) is 3. The molecule has 0 aliphatic rings. The predicted octanol–water partition coefficient (Wildman–Crippen LogP) is 6.04. The SMILES string of the molecule is O=[PH](O)OCCCNCc1ccc(NCCCCCc2ccccc2)c(C(F)(F)C(F)(F)F)c1. The Morgan fingerprint density at radius 1 is 0.882 bits per heavy atom. The van der Waals surface area contributed by atoms with Crippen LogP contribution in [0.25, 0.3) is 0 Å². The molecule has 0 radical (unpaired) electrons. The van der Waals surface area contributed by atoms with Crippen molar-refractivity contribution in [2.24, 2.45) is 0 Å². The van der Waals surface area contributed by atoms with Gasteiger partial charge in [0.25, 0.3) is 0 Å². The summed E-state index contributed by atoms with van der Waals surface area (Å²) in [4.78, 5) is 8.57. The van der Waals surface area contributed by atoms with E-state index in [0.29, 0.717) is 19.4 Å². The minimum Gasteiger partial charge on any atom is -0.385 e. The molecule has 0 aliphatic carbocycles. The average Bonchev–Trinajstić information content (AvgIpc) is 2.78. The van der Waals surface area contributed by atoms with Gasteiger partial charge in [0.1, 0.15) is 0 Å². The molecule has 3 N–H and O–H groups in total. The van der Waals surface area contributed by atoms with Crippen molar-refractivity contribution in [3.63, 3.8) is 0 Å². The largest absolute Gasteiger partial charge is 0.458 e. The number of unbranched alkanes of at least 4 members (excludes halogenated alkanes) is 2. The standard InChI is InChI=1S/C23H30F5N2O3P/c24-22(25,23(26,27)28)20-16-19(17-29-13-7-15-33-34(31)32)11-12-21(20)30-14-6-2-5-10-18-8-3-1-4-9-18/h1,3-4,8-9,11-12,16,29-30,34H,2,5-7,10,13-15,17H2,(H,31,32). The smallest absolute Gasteiger partial charge is 0.385 e. The van der Waals surface area contributed by atoms with E-state index in [9.17, 15) is 26.5 Å². The van der Waals surface area contributed by atoms with E-state index in [1.807, 2.05) is 30.3 Å². The number of hydrogen-bond acceptors (Lipinski definition) is 4. The molecule has 0 amide bonds. The van der Waals surface area contributed by atoms with E-state index >= 15 is 0 Å². The van der Waals surface area contributed by atoms with E-state index in [-0.39, 0.29) is 30.9 Å². The molecule has 0 bridgehead atoms. The summed E-state index contributed by atoms with van der Waals surface area (Å²) in [6, 6.07) is 13.5. The van der Waals surface area contributed by atoms with Crippen molar-refractivity contribution >= 4 is 13.9 Å². The first-order chi connectivity index (χ1) is 16.1. The Labute approximate surface area is 196 Å². The van der Waals surface area contributed by atoms with Crippen molar-refractivity contribution < 1.29 is 35.9 Å². The predicted molar refractivity (Wildman–Crippen MR) is 122 cm³/mol. The molecule has 1 atom stereocenters. The quantitative estimate of drug-likeness (QED) is 0.155. The van der Waals surface area contributed by atoms with Crippen molar-refractivity contribution in [3.05, 3.63) is 65.2 Å². The fourth-order valence-corrected chi connectivity index (χ4v) is 3.67. The lowest BCUT2D eigenvalue weighted by Gasteiger charge is -2.24. The van der Waals surface area contributed by atoms with Gasteiger partial charge in [-0.15, -0.1) is 0 Å². The third kappa shape index (κ3) is 9.33. The third-order valence-electron chi connectivity index (χ3n) is 5.13. The van der Waals surface area contributed by atoms with Crippen LogP contribution in [0.15, 0.2) is 48.5 Å². The number of nitrogens with one attached hydrogen (secondary N) is 2. The van der Waals surface area contributed by atoms with Crippen molar-refractivity contribution in [2.45, 2.75) is 50.7 Å². The van der Waals surface area contributed by atoms with Gasteiger partial charge in [0.15, 0.2) is 0 Å². The topological polar surface area (TPSA) is 70.6 Å². The second-order valence-corrected chi connectivity index (χ2v) is 8.64. The van der Waals surface area contributed by atoms with Crippen molar-refractivity contribution in [2.75, 3.05) is 25.0 Å². The molecule has 0 saturated carbocycles. The van der Waals surface area contributed by atoms with E-state index in [2.05, 4.69) is 15.2 Å². The Morgan fingerprint density at radius 3 is 2.29 bits per heavy atom. The lowest BCUT2D eigenvalue weighted by Crippen LogP contribution is -2.34. The molecule has 2 aromatic carbocycles. The Bertz CT molecular complexity index is 898. The van der Waals surface area contributed by atoms with Gasteiger partial charge in [0.2, 0.25) is 0 Å². The molecule has 2 rings (SSSR count). The summed E-state index contributed by atoms with van der Waals surface area (Å²) >= 11 is 0. The summed E-state index contributed by atoms with van der Waals surface area (Å²) in [5.41, 5.74) is 0.119. The summed E-state index contributed by atoms with van der Waals surface area (Å²) in [5, 5.41) is 5.64. The van der Waals surface area contributed by atoms with Crippen LogP contribution < -0.4 is 10.6 Å². The number of rotatable bonds is 15. The number of aryl methyl sites for hydroxylation is 1. The van der Waals surface area contributed by atoms with E-state index < -0.39 is 25.9 Å². The molecule has 0 heterocycles. The summed E-state index contributed by atoms with van der Waals surface area (Å²) in [6.45, 7) is 0.715. The Kier molecular flexibility index (Phi) is 11.4. The molecule has 0 saturated heterocycles. The zero-order chi connectivity index (χ0) is 25.0. The van der Waals surface area contributed by atoms with E-state index in [1.54, 1.807) is 0 Å². The van der Waals surface area contributed by atoms with Crippen molar-refractivity contribution in [1.29, 1.82) is 0 Å². The highest BCUT2D eigenvalue weighted by molar-refractivity contribution is 7.32. The van der Waals surface area contributed by atoms with Gasteiger partial charge < -0.3 is 20.1 Å². The molecule has 2 aromatic rings. The zero-order valence-electron chi connectivity index (χ0n) is 18.6. The van der Waals surface area contributed by atoms with E-state index in [0.717, 1.165) is 25.3 Å². The highest BCUT2D eigenvalue weighted by Gasteiger charge is 2.59. The first kappa shape index (κ1) is 28.2. The molecule has 11 heteroatoms. The second kappa shape index (κ2) is 13.8. The molecule has 0 spiro atoms. The van der Waals surface area contributed by atoms with Crippen LogP contribution in [0.1, 0.15) is 42.4 Å². The minimum absolute atomic E-state index is 0.0346. The van der Waals surface area contributed by atoms with Crippen LogP contribution in [-0.4, -0.2) is 30.8 Å². The maximum atomic E-state index is 14.2. The number of anilines is 1. The van der Waals surface area contributed by atoms with Gasteiger partial charge in [-0.2, -0.15) is 22.0 Å². The van der Waals surface area contributed by atoms with Gasteiger partial charge in [-0.1, -0.05) is 42.8 Å². The monoisotopic (exact) mass is 508 g/mol. The Balaban J connectivity index is 1.92. The number of alkyl halides is 5. The van der Waals surface area contributed by atoms with Crippen LogP contribution in [0.3, 0.4) is 0 Å². The lowest BCUT2D eigenvalue weighted by atomic mass is 10.0. The third-order valence-corrected chi connectivity index (χ3v) is 5.58. The van der Waals surface area contributed by atoms with Crippen molar-refractivity contribution in [3.8, 4) is 0 Å². The van der Waals surface area contributed by atoms with E-state index in [1.165, 1.54) is 17.7 Å². The van der Waals surface area contributed by atoms with Gasteiger partial charge >= 0.3 is 20.4 Å². The number of benzene rings is 2. The molecule has 34 heavy (non-hydrogen) atoms. The minimum atomic E-state index is -5.72. The van der Waals surface area contributed by atoms with Gasteiger partial charge in [-0.3, -0.25) is 4.57 Å². The summed E-state index contributed by atoms with van der Waals surface area (Å²) < 4.78 is 82.7. The van der Waals surface area contributed by atoms with Gasteiger partial charge in [-0.25, -0.2) is 0 Å². The summed E-state index contributed by atoms with van der Waals surface area (Å²) in [6.07, 6.45) is -2.12. The Morgan fingerprint density at radius 2 is 1.62 bits per heavy atom. The first-order valence-corrected chi connectivity index (χ1v) is 12.3. The van der Waals surface area contributed by atoms with Crippen LogP contribution >= 0.6 is 8.25 Å². The summed E-state index contributed by atoms with van der Waals surface area (Å²) in [5.74, 6) is -5.00. The van der Waals surface area contributed by atoms with Crippen LogP contribution in [-0.2, 0) is 28.0 Å². The molecule has 0 aliphatic heterocycles. The summed E-state index contributed by atoms with van der Waals surface area (Å²) in [7, 11) is -3.01. The zero-order valence-corrected chi connectivity index (χ0v) is 19.6.